The molecule has 0 amide bonds. The van der Waals surface area contributed by atoms with Gasteiger partial charge in [-0.15, -0.1) is 0 Å². The second kappa shape index (κ2) is 7.17. The summed E-state index contributed by atoms with van der Waals surface area (Å²) in [4.78, 5) is 2.47. The van der Waals surface area contributed by atoms with Crippen LogP contribution in [0, 0.1) is 0 Å². The summed E-state index contributed by atoms with van der Waals surface area (Å²) < 4.78 is 10.5. The molecule has 1 rings (SSSR count). The second-order valence-electron chi connectivity index (χ2n) is 3.69. The zero-order valence-corrected chi connectivity index (χ0v) is 9.08. The van der Waals surface area contributed by atoms with Gasteiger partial charge in [-0.05, 0) is 19.4 Å². The highest BCUT2D eigenvalue weighted by Gasteiger charge is 2.21. The molecular weight excluding hydrogens is 180 g/mol. The predicted octanol–water partition coefficient (Wildman–Crippen LogP) is 0.0725. The minimum absolute atomic E-state index is 0.519. The topological polar surface area (TPSA) is 47.7 Å². The van der Waals surface area contributed by atoms with Gasteiger partial charge in [-0.25, -0.2) is 0 Å². The van der Waals surface area contributed by atoms with Crippen LogP contribution < -0.4 is 5.73 Å². The highest BCUT2D eigenvalue weighted by atomic mass is 16.5. The van der Waals surface area contributed by atoms with Crippen LogP contribution in [-0.2, 0) is 9.47 Å². The van der Waals surface area contributed by atoms with Crippen molar-refractivity contribution < 1.29 is 9.47 Å². The fourth-order valence-corrected chi connectivity index (χ4v) is 1.85. The molecule has 1 atom stereocenters. The third-order valence-electron chi connectivity index (χ3n) is 2.64. The van der Waals surface area contributed by atoms with Crippen LogP contribution in [-0.4, -0.2) is 57.5 Å². The van der Waals surface area contributed by atoms with Gasteiger partial charge in [0.25, 0.3) is 0 Å². The molecule has 0 aromatic carbocycles. The molecule has 1 heterocycles. The van der Waals surface area contributed by atoms with Crippen molar-refractivity contribution in [2.75, 3.05) is 46.6 Å². The maximum absolute atomic E-state index is 5.57. The Hall–Kier alpha value is -0.160. The summed E-state index contributed by atoms with van der Waals surface area (Å²) in [6, 6.07) is 0.519. The lowest BCUT2D eigenvalue weighted by Crippen LogP contribution is -2.46. The molecule has 0 bridgehead atoms. The van der Waals surface area contributed by atoms with Crippen molar-refractivity contribution in [1.82, 2.24) is 4.90 Å². The van der Waals surface area contributed by atoms with E-state index in [-0.39, 0.29) is 0 Å². The Morgan fingerprint density at radius 1 is 1.57 bits per heavy atom. The van der Waals surface area contributed by atoms with E-state index in [0.29, 0.717) is 6.04 Å². The summed E-state index contributed by atoms with van der Waals surface area (Å²) in [7, 11) is 1.75. The summed E-state index contributed by atoms with van der Waals surface area (Å²) in [5.41, 5.74) is 5.57. The van der Waals surface area contributed by atoms with E-state index in [9.17, 15) is 0 Å². The summed E-state index contributed by atoms with van der Waals surface area (Å²) in [5, 5.41) is 0. The van der Waals surface area contributed by atoms with Crippen LogP contribution in [0.3, 0.4) is 0 Å². The first-order valence-corrected chi connectivity index (χ1v) is 5.39. The van der Waals surface area contributed by atoms with Gasteiger partial charge in [0.05, 0.1) is 13.2 Å². The highest BCUT2D eigenvalue weighted by molar-refractivity contribution is 4.75. The average Bonchev–Trinajstić information content (AvgIpc) is 2.21. The van der Waals surface area contributed by atoms with Crippen LogP contribution in [0.4, 0.5) is 0 Å². The number of nitrogens with zero attached hydrogens (tertiary/aromatic N) is 1. The molecule has 2 N–H and O–H groups in total. The SMILES string of the molecule is COCCCN1CCOCC1CCN. The normalized spacial score (nSPS) is 24.0. The number of nitrogens with two attached hydrogens (primary N) is 1. The molecule has 0 aromatic rings. The van der Waals surface area contributed by atoms with Gasteiger partial charge in [0, 0.05) is 32.8 Å². The Kier molecular flexibility index (Phi) is 6.10. The lowest BCUT2D eigenvalue weighted by molar-refractivity contribution is -0.0122. The van der Waals surface area contributed by atoms with Crippen LogP contribution in [0.25, 0.3) is 0 Å². The average molecular weight is 202 g/mol. The van der Waals surface area contributed by atoms with Gasteiger partial charge >= 0.3 is 0 Å². The molecule has 1 aliphatic rings. The molecule has 1 aliphatic heterocycles. The van der Waals surface area contributed by atoms with Gasteiger partial charge in [-0.2, -0.15) is 0 Å². The molecule has 14 heavy (non-hydrogen) atoms. The van der Waals surface area contributed by atoms with Gasteiger partial charge in [0.15, 0.2) is 0 Å². The molecule has 1 fully saturated rings. The molecule has 84 valence electrons. The fraction of sp³-hybridized carbons (Fsp3) is 1.00. The first kappa shape index (κ1) is 11.9. The van der Waals surface area contributed by atoms with Gasteiger partial charge in [0.1, 0.15) is 0 Å². The maximum Gasteiger partial charge on any atom is 0.0622 e. The molecule has 0 aromatic heterocycles. The van der Waals surface area contributed by atoms with Crippen molar-refractivity contribution in [3.8, 4) is 0 Å². The van der Waals surface area contributed by atoms with Gasteiger partial charge in [-0.1, -0.05) is 0 Å². The van der Waals surface area contributed by atoms with Crippen molar-refractivity contribution in [2.45, 2.75) is 18.9 Å². The van der Waals surface area contributed by atoms with Crippen LogP contribution in [0.1, 0.15) is 12.8 Å². The fourth-order valence-electron chi connectivity index (χ4n) is 1.85. The molecule has 0 radical (unpaired) electrons. The Bertz CT molecular complexity index is 142. The predicted molar refractivity (Wildman–Crippen MR) is 56.3 cm³/mol. The van der Waals surface area contributed by atoms with E-state index in [0.717, 1.165) is 52.3 Å². The number of morpholine rings is 1. The summed E-state index contributed by atoms with van der Waals surface area (Å²) in [5.74, 6) is 0. The molecule has 0 saturated carbocycles. The third-order valence-corrected chi connectivity index (χ3v) is 2.64. The summed E-state index contributed by atoms with van der Waals surface area (Å²) in [6.45, 7) is 5.41. The van der Waals surface area contributed by atoms with Crippen LogP contribution in [0.15, 0.2) is 0 Å². The van der Waals surface area contributed by atoms with Crippen LogP contribution >= 0.6 is 0 Å². The monoisotopic (exact) mass is 202 g/mol. The molecule has 4 heteroatoms. The van der Waals surface area contributed by atoms with Crippen molar-refractivity contribution in [1.29, 1.82) is 0 Å². The summed E-state index contributed by atoms with van der Waals surface area (Å²) >= 11 is 0. The first-order chi connectivity index (χ1) is 6.88. The van der Waals surface area contributed by atoms with E-state index >= 15 is 0 Å². The summed E-state index contributed by atoms with van der Waals surface area (Å²) in [6.07, 6.45) is 2.13. The minimum atomic E-state index is 0.519. The third kappa shape index (κ3) is 3.92. The van der Waals surface area contributed by atoms with E-state index in [1.165, 1.54) is 0 Å². The molecule has 1 unspecified atom stereocenters. The van der Waals surface area contributed by atoms with Crippen molar-refractivity contribution >= 4 is 0 Å². The molecule has 1 saturated heterocycles. The maximum atomic E-state index is 5.57. The van der Waals surface area contributed by atoms with Gasteiger partial charge < -0.3 is 15.2 Å². The van der Waals surface area contributed by atoms with Crippen LogP contribution in [0.2, 0.25) is 0 Å². The van der Waals surface area contributed by atoms with Gasteiger partial charge in [-0.3, -0.25) is 4.90 Å². The van der Waals surface area contributed by atoms with E-state index < -0.39 is 0 Å². The number of methoxy groups -OCH3 is 1. The Morgan fingerprint density at radius 3 is 3.14 bits per heavy atom. The van der Waals surface area contributed by atoms with Gasteiger partial charge in [0.2, 0.25) is 0 Å². The van der Waals surface area contributed by atoms with Crippen LogP contribution in [0.5, 0.6) is 0 Å². The second-order valence-corrected chi connectivity index (χ2v) is 3.69. The molecule has 0 aliphatic carbocycles. The number of hydrogen-bond donors (Lipinski definition) is 1. The number of ether oxygens (including phenoxy) is 2. The first-order valence-electron chi connectivity index (χ1n) is 5.39. The quantitative estimate of drug-likeness (QED) is 0.619. The van der Waals surface area contributed by atoms with E-state index in [4.69, 9.17) is 15.2 Å². The highest BCUT2D eigenvalue weighted by Crippen LogP contribution is 2.10. The van der Waals surface area contributed by atoms with Crippen molar-refractivity contribution in [3.63, 3.8) is 0 Å². The van der Waals surface area contributed by atoms with Crippen molar-refractivity contribution in [3.05, 3.63) is 0 Å². The van der Waals surface area contributed by atoms with E-state index in [2.05, 4.69) is 4.90 Å². The molecule has 0 spiro atoms. The zero-order valence-electron chi connectivity index (χ0n) is 9.08. The Balaban J connectivity index is 2.22. The van der Waals surface area contributed by atoms with Crippen molar-refractivity contribution in [2.24, 2.45) is 5.73 Å². The van der Waals surface area contributed by atoms with E-state index in [1.54, 1.807) is 7.11 Å². The largest absolute Gasteiger partial charge is 0.385 e. The standard InChI is InChI=1S/C10H22N2O2/c1-13-7-2-5-12-6-8-14-9-10(12)3-4-11/h10H,2-9,11H2,1H3. The smallest absolute Gasteiger partial charge is 0.0622 e. The molecule has 4 nitrogen and oxygen atoms in total. The Morgan fingerprint density at radius 2 is 2.43 bits per heavy atom. The lowest BCUT2D eigenvalue weighted by Gasteiger charge is -2.35. The lowest BCUT2D eigenvalue weighted by atomic mass is 10.1. The van der Waals surface area contributed by atoms with E-state index in [1.807, 2.05) is 0 Å². The number of hydrogen-bond acceptors (Lipinski definition) is 4. The Labute approximate surface area is 86.3 Å². The number of rotatable bonds is 6. The molecular formula is C10H22N2O2. The minimum Gasteiger partial charge on any atom is -0.385 e. The zero-order chi connectivity index (χ0) is 10.2.